The maximum atomic E-state index is 14.3. The zero-order chi connectivity index (χ0) is 43.5. The molecule has 2 atom stereocenters. The maximum absolute atomic E-state index is 14.3. The van der Waals surface area contributed by atoms with Crippen molar-refractivity contribution in [3.05, 3.63) is 147 Å². The first-order valence-electron chi connectivity index (χ1n) is 19.1. The van der Waals surface area contributed by atoms with Crippen molar-refractivity contribution in [1.29, 1.82) is 0 Å². The average molecular weight is 875 g/mol. The predicted octanol–water partition coefficient (Wildman–Crippen LogP) is 3.95. The van der Waals surface area contributed by atoms with Crippen LogP contribution in [0.15, 0.2) is 119 Å². The predicted molar refractivity (Wildman–Crippen MR) is 230 cm³/mol. The zero-order valence-electron chi connectivity index (χ0n) is 33.6. The number of nitrogens with two attached hydrogens (primary N) is 2. The number of thiazole rings is 1. The molecule has 0 radical (unpaired) electrons. The molecule has 1 saturated heterocycles. The molecule has 5 heterocycles. The van der Waals surface area contributed by atoms with Crippen molar-refractivity contribution in [3.63, 3.8) is 0 Å². The molecule has 2 aliphatic heterocycles. The summed E-state index contributed by atoms with van der Waals surface area (Å²) in [6.45, 7) is 1.70. The third-order valence-electron chi connectivity index (χ3n) is 10.1. The number of benzene rings is 3. The Morgan fingerprint density at radius 1 is 0.984 bits per heavy atom. The second-order valence-corrected chi connectivity index (χ2v) is 16.1. The van der Waals surface area contributed by atoms with Crippen LogP contribution in [0.25, 0.3) is 5.65 Å². The number of aryl methyl sites for hydroxylation is 1. The van der Waals surface area contributed by atoms with Gasteiger partial charge in [0.05, 0.1) is 18.9 Å². The number of carbonyl (C=O) groups is 4. The van der Waals surface area contributed by atoms with Gasteiger partial charge in [0.1, 0.15) is 55.0 Å². The molecule has 0 unspecified atom stereocenters. The van der Waals surface area contributed by atoms with Gasteiger partial charge in [0.25, 0.3) is 11.8 Å². The van der Waals surface area contributed by atoms with Gasteiger partial charge in [0, 0.05) is 16.7 Å². The number of thioether (sulfide) groups is 1. The van der Waals surface area contributed by atoms with Crippen molar-refractivity contribution < 1.29 is 42.8 Å². The number of nitrogen functional groups attached to an aromatic ring is 2. The van der Waals surface area contributed by atoms with Gasteiger partial charge in [-0.15, -0.1) is 23.1 Å². The molecule has 62 heavy (non-hydrogen) atoms. The van der Waals surface area contributed by atoms with E-state index < -0.39 is 41.3 Å². The molecular formula is C43H40N9O8S2+. The number of hydrogen-bond acceptors (Lipinski definition) is 15. The molecule has 6 aromatic rings. The van der Waals surface area contributed by atoms with Crippen LogP contribution in [0.1, 0.15) is 44.5 Å². The number of carbonyl (C=O) groups excluding carboxylic acids is 4. The summed E-state index contributed by atoms with van der Waals surface area (Å²) in [5.41, 5.74) is 16.3. The van der Waals surface area contributed by atoms with E-state index in [9.17, 15) is 19.2 Å². The highest BCUT2D eigenvalue weighted by Gasteiger charge is 2.55. The summed E-state index contributed by atoms with van der Waals surface area (Å²) in [6.07, 6.45) is 0.810. The maximum Gasteiger partial charge on any atom is 0.355 e. The van der Waals surface area contributed by atoms with Gasteiger partial charge in [-0.3, -0.25) is 14.5 Å². The lowest BCUT2D eigenvalue weighted by molar-refractivity contribution is -0.666. The summed E-state index contributed by atoms with van der Waals surface area (Å²) in [4.78, 5) is 66.5. The van der Waals surface area contributed by atoms with Crippen LogP contribution in [0.2, 0.25) is 0 Å². The third-order valence-corrected chi connectivity index (χ3v) is 12.1. The van der Waals surface area contributed by atoms with Crippen molar-refractivity contribution in [2.24, 2.45) is 5.16 Å². The lowest BCUT2D eigenvalue weighted by atomic mass is 10.0. The first-order chi connectivity index (χ1) is 30.0. The number of rotatable bonds is 14. The number of methoxy groups -OCH3 is 1. The van der Waals surface area contributed by atoms with Crippen LogP contribution in [-0.4, -0.2) is 80.4 Å². The minimum atomic E-state index is -1.03. The summed E-state index contributed by atoms with van der Waals surface area (Å²) in [5.74, 6) is -1.82. The number of hydrogen-bond donors (Lipinski definition) is 3. The number of amides is 2. The molecule has 19 heteroatoms. The number of ether oxygens (including phenoxy) is 3. The number of nitrogens with one attached hydrogen (secondary N) is 1. The van der Waals surface area contributed by atoms with Crippen LogP contribution in [0, 0.1) is 6.92 Å². The smallest absolute Gasteiger partial charge is 0.355 e. The molecule has 2 amide bonds. The van der Waals surface area contributed by atoms with E-state index in [-0.39, 0.29) is 52.5 Å². The average Bonchev–Trinajstić information content (AvgIpc) is 3.92. The Kier molecular flexibility index (Phi) is 11.9. The normalized spacial score (nSPS) is 16.2. The van der Waals surface area contributed by atoms with E-state index in [2.05, 4.69) is 20.6 Å². The number of nitrogens with zero attached hydrogens (tertiary/aromatic N) is 6. The molecule has 0 spiro atoms. The Hall–Kier alpha value is -7.25. The molecular weight excluding hydrogens is 835 g/mol. The Morgan fingerprint density at radius 2 is 1.68 bits per heavy atom. The number of anilines is 2. The molecule has 5 N–H and O–H groups in total. The van der Waals surface area contributed by atoms with Gasteiger partial charge in [-0.25, -0.2) is 19.1 Å². The lowest BCUT2D eigenvalue weighted by Crippen LogP contribution is -2.71. The Balaban J connectivity index is 1.13. The van der Waals surface area contributed by atoms with Crippen molar-refractivity contribution in [2.45, 2.75) is 37.6 Å². The number of oxime groups is 1. The number of fused-ring (bicyclic) bond motifs is 2. The topological polar surface area (TPSA) is 219 Å². The third kappa shape index (κ3) is 8.26. The van der Waals surface area contributed by atoms with Gasteiger partial charge in [0.15, 0.2) is 22.5 Å². The molecule has 2 aliphatic rings. The summed E-state index contributed by atoms with van der Waals surface area (Å²) in [5, 5.41) is 12.2. The van der Waals surface area contributed by atoms with Crippen LogP contribution < -0.4 is 26.1 Å². The van der Waals surface area contributed by atoms with E-state index in [1.807, 2.05) is 60.7 Å². The number of esters is 2. The molecule has 17 nitrogen and oxygen atoms in total. The summed E-state index contributed by atoms with van der Waals surface area (Å²) >= 11 is 2.46. The van der Waals surface area contributed by atoms with E-state index in [0.717, 1.165) is 22.5 Å². The molecule has 1 fully saturated rings. The highest BCUT2D eigenvalue weighted by atomic mass is 32.2. The van der Waals surface area contributed by atoms with E-state index in [0.29, 0.717) is 28.2 Å². The molecule has 0 bridgehead atoms. The van der Waals surface area contributed by atoms with Crippen molar-refractivity contribution in [3.8, 4) is 5.75 Å². The Morgan fingerprint density at radius 3 is 2.31 bits per heavy atom. The van der Waals surface area contributed by atoms with Gasteiger partial charge in [0.2, 0.25) is 5.82 Å². The zero-order valence-corrected chi connectivity index (χ0v) is 35.2. The number of β-lactam (4-membered cyclic amide) rings is 1. The first kappa shape index (κ1) is 41.5. The van der Waals surface area contributed by atoms with Crippen LogP contribution >= 0.6 is 23.1 Å². The van der Waals surface area contributed by atoms with Gasteiger partial charge in [-0.1, -0.05) is 87.6 Å². The monoisotopic (exact) mass is 874 g/mol. The molecule has 8 rings (SSSR count). The van der Waals surface area contributed by atoms with Crippen LogP contribution in [0.3, 0.4) is 0 Å². The van der Waals surface area contributed by atoms with E-state index in [1.165, 1.54) is 28.3 Å². The van der Waals surface area contributed by atoms with Gasteiger partial charge in [-0.2, -0.15) is 0 Å². The Labute approximate surface area is 362 Å². The van der Waals surface area contributed by atoms with E-state index >= 15 is 0 Å². The fourth-order valence-electron chi connectivity index (χ4n) is 7.15. The van der Waals surface area contributed by atoms with E-state index in [1.54, 1.807) is 60.5 Å². The highest BCUT2D eigenvalue weighted by Crippen LogP contribution is 2.41. The van der Waals surface area contributed by atoms with Crippen LogP contribution in [0.4, 0.5) is 10.9 Å². The molecule has 3 aromatic carbocycles. The summed E-state index contributed by atoms with van der Waals surface area (Å²) in [7, 11) is 2.83. The second-order valence-electron chi connectivity index (χ2n) is 14.1. The number of aromatic nitrogens is 4. The molecule has 3 aromatic heterocycles. The highest BCUT2D eigenvalue weighted by molar-refractivity contribution is 8.00. The minimum Gasteiger partial charge on any atom is -0.497 e. The van der Waals surface area contributed by atoms with Gasteiger partial charge < -0.3 is 35.8 Å². The molecule has 0 aliphatic carbocycles. The molecule has 316 valence electrons. The fraction of sp³-hybridized carbons (Fsp3) is 0.209. The quantitative estimate of drug-likeness (QED) is 0.0465. The summed E-state index contributed by atoms with van der Waals surface area (Å²) in [6, 6.07) is 26.5. The standard InChI is InChI=1S/C43H39N9O8S2/c1-24-18-32-50(20-30(37(44)52(32)48-24)41(55)60-36(26-10-6-4-7-11-26)27-12-8-5-9-13-27)19-28-22-61-40-34(47-38(53)33(49-58-3)31-23-62-43(45)46-31)39(54)51(40)35(28)42(56)59-21-25-14-16-29(57-2)17-15-25/h4-18,20,23,34,36,40,44H,19,21-22H2,1-3H3,(H3,45,46,47,53)/p+1/t34-,40+/m1/s1. The first-order valence-corrected chi connectivity index (χ1v) is 21.1. The van der Waals surface area contributed by atoms with Gasteiger partial charge in [-0.05, 0) is 35.7 Å². The largest absolute Gasteiger partial charge is 0.497 e. The fourth-order valence-corrected chi connectivity index (χ4v) is 9.03. The van der Waals surface area contributed by atoms with Crippen molar-refractivity contribution in [2.75, 3.05) is 31.4 Å². The summed E-state index contributed by atoms with van der Waals surface area (Å²) < 4.78 is 20.5. The van der Waals surface area contributed by atoms with Crippen LogP contribution in [-0.2, 0) is 41.8 Å². The van der Waals surface area contributed by atoms with Crippen LogP contribution in [0.5, 0.6) is 5.75 Å². The van der Waals surface area contributed by atoms with E-state index in [4.69, 9.17) is 30.5 Å². The SMILES string of the molecule is CON=C(C(=O)N[C@@H]1C(=O)N2C(C(=O)OCc3ccc(OC)cc3)=C(C[n+]3cc(C(=O)OC(c4ccccc4)c4ccccc4)c(N)n4nc(C)cc43)CS[C@@H]12)c1csc(N)n1. The van der Waals surface area contributed by atoms with Crippen molar-refractivity contribution in [1.82, 2.24) is 24.8 Å². The van der Waals surface area contributed by atoms with Gasteiger partial charge >= 0.3 is 17.6 Å². The molecule has 0 saturated carbocycles. The minimum absolute atomic E-state index is 0.00637. The second kappa shape index (κ2) is 17.8. The lowest BCUT2D eigenvalue weighted by Gasteiger charge is -2.49. The van der Waals surface area contributed by atoms with Crippen molar-refractivity contribution >= 4 is 69.2 Å². The Bertz CT molecular complexity index is 2700.